The van der Waals surface area contributed by atoms with Crippen molar-refractivity contribution in [2.75, 3.05) is 53.5 Å². The summed E-state index contributed by atoms with van der Waals surface area (Å²) in [7, 11) is 3.82. The Labute approximate surface area is 182 Å². The van der Waals surface area contributed by atoms with Crippen LogP contribution in [0.3, 0.4) is 0 Å². The summed E-state index contributed by atoms with van der Waals surface area (Å²) in [5.74, 6) is 1.60. The van der Waals surface area contributed by atoms with Gasteiger partial charge in [-0.1, -0.05) is 38.2 Å². The molecular weight excluding hydrogens is 378 g/mol. The molecule has 1 saturated heterocycles. The van der Waals surface area contributed by atoms with Gasteiger partial charge in [0.1, 0.15) is 24.2 Å². The molecule has 2 fully saturated rings. The normalized spacial score (nSPS) is 21.0. The second-order valence-corrected chi connectivity index (χ2v) is 8.97. The SMILES string of the molecule is COc1ccc(CNC2CCCCCCC2)c(OCC(O)CN2CCN(C)CC2)c1. The largest absolute Gasteiger partial charge is 0.497 e. The monoisotopic (exact) mass is 419 g/mol. The molecule has 1 heterocycles. The highest BCUT2D eigenvalue weighted by Crippen LogP contribution is 2.26. The smallest absolute Gasteiger partial charge is 0.127 e. The van der Waals surface area contributed by atoms with E-state index in [-0.39, 0.29) is 0 Å². The van der Waals surface area contributed by atoms with Gasteiger partial charge >= 0.3 is 0 Å². The van der Waals surface area contributed by atoms with Crippen molar-refractivity contribution in [1.82, 2.24) is 15.1 Å². The number of likely N-dealkylation sites (N-methyl/N-ethyl adjacent to an activating group) is 1. The number of piperazine rings is 1. The summed E-state index contributed by atoms with van der Waals surface area (Å²) in [5.41, 5.74) is 1.13. The van der Waals surface area contributed by atoms with Gasteiger partial charge in [0, 0.05) is 56.9 Å². The van der Waals surface area contributed by atoms with Crippen LogP contribution in [0.4, 0.5) is 0 Å². The third kappa shape index (κ3) is 7.73. The summed E-state index contributed by atoms with van der Waals surface area (Å²) < 4.78 is 11.5. The minimum absolute atomic E-state index is 0.302. The van der Waals surface area contributed by atoms with Crippen LogP contribution in [0.2, 0.25) is 0 Å². The predicted octanol–water partition coefficient (Wildman–Crippen LogP) is 2.88. The van der Waals surface area contributed by atoms with Gasteiger partial charge in [0.25, 0.3) is 0 Å². The zero-order valence-corrected chi connectivity index (χ0v) is 18.9. The lowest BCUT2D eigenvalue weighted by atomic mass is 9.96. The van der Waals surface area contributed by atoms with Crippen LogP contribution in [0.1, 0.15) is 50.5 Å². The number of hydrogen-bond acceptors (Lipinski definition) is 6. The summed E-state index contributed by atoms with van der Waals surface area (Å²) in [6.07, 6.45) is 8.78. The number of β-amino-alcohol motifs (C(OH)–C–C–N with tert-alkyl or cyclic N) is 1. The maximum atomic E-state index is 10.5. The van der Waals surface area contributed by atoms with Crippen molar-refractivity contribution in [1.29, 1.82) is 0 Å². The van der Waals surface area contributed by atoms with Crippen molar-refractivity contribution in [3.63, 3.8) is 0 Å². The Bertz CT molecular complexity index is 612. The topological polar surface area (TPSA) is 57.2 Å². The van der Waals surface area contributed by atoms with E-state index in [9.17, 15) is 5.11 Å². The number of methoxy groups -OCH3 is 1. The highest BCUT2D eigenvalue weighted by Gasteiger charge is 2.18. The molecule has 1 aliphatic heterocycles. The summed E-state index contributed by atoms with van der Waals surface area (Å²) in [6, 6.07) is 6.60. The van der Waals surface area contributed by atoms with Gasteiger partial charge in [-0.15, -0.1) is 0 Å². The van der Waals surface area contributed by atoms with E-state index >= 15 is 0 Å². The maximum Gasteiger partial charge on any atom is 0.127 e. The Morgan fingerprint density at radius 1 is 1.07 bits per heavy atom. The molecule has 170 valence electrons. The average molecular weight is 420 g/mol. The average Bonchev–Trinajstić information content (AvgIpc) is 2.73. The maximum absolute atomic E-state index is 10.5. The second kappa shape index (κ2) is 12.5. The summed E-state index contributed by atoms with van der Waals surface area (Å²) in [6.45, 7) is 5.87. The van der Waals surface area contributed by atoms with E-state index in [2.05, 4.69) is 28.2 Å². The van der Waals surface area contributed by atoms with Gasteiger partial charge in [0.05, 0.1) is 7.11 Å². The van der Waals surface area contributed by atoms with Crippen LogP contribution in [0.15, 0.2) is 18.2 Å². The minimum Gasteiger partial charge on any atom is -0.497 e. The van der Waals surface area contributed by atoms with Gasteiger partial charge in [-0.05, 0) is 26.0 Å². The van der Waals surface area contributed by atoms with Crippen LogP contribution >= 0.6 is 0 Å². The molecule has 6 nitrogen and oxygen atoms in total. The molecule has 3 rings (SSSR count). The van der Waals surface area contributed by atoms with Crippen molar-refractivity contribution in [2.24, 2.45) is 0 Å². The molecule has 0 spiro atoms. The molecule has 1 aromatic carbocycles. The number of rotatable bonds is 9. The highest BCUT2D eigenvalue weighted by atomic mass is 16.5. The van der Waals surface area contributed by atoms with Crippen LogP contribution < -0.4 is 14.8 Å². The molecule has 2 aliphatic rings. The molecule has 1 aromatic rings. The number of aliphatic hydroxyl groups is 1. The zero-order chi connectivity index (χ0) is 21.2. The second-order valence-electron chi connectivity index (χ2n) is 8.97. The molecule has 0 amide bonds. The molecule has 1 unspecified atom stereocenters. The Hall–Kier alpha value is -1.34. The van der Waals surface area contributed by atoms with Crippen LogP contribution in [-0.2, 0) is 6.54 Å². The van der Waals surface area contributed by atoms with Gasteiger partial charge in [-0.3, -0.25) is 4.90 Å². The predicted molar refractivity (Wildman–Crippen MR) is 121 cm³/mol. The lowest BCUT2D eigenvalue weighted by molar-refractivity contribution is 0.0501. The summed E-state index contributed by atoms with van der Waals surface area (Å²) >= 11 is 0. The van der Waals surface area contributed by atoms with Crippen LogP contribution in [0, 0.1) is 0 Å². The van der Waals surface area contributed by atoms with Gasteiger partial charge < -0.3 is 24.8 Å². The fourth-order valence-electron chi connectivity index (χ4n) is 4.42. The van der Waals surface area contributed by atoms with Crippen molar-refractivity contribution >= 4 is 0 Å². The van der Waals surface area contributed by atoms with E-state index in [1.54, 1.807) is 7.11 Å². The van der Waals surface area contributed by atoms with Crippen molar-refractivity contribution < 1.29 is 14.6 Å². The Morgan fingerprint density at radius 2 is 1.77 bits per heavy atom. The first kappa shape index (κ1) is 23.3. The molecule has 0 bridgehead atoms. The summed E-state index contributed by atoms with van der Waals surface area (Å²) in [5, 5.41) is 14.3. The van der Waals surface area contributed by atoms with E-state index in [0.717, 1.165) is 49.8 Å². The van der Waals surface area contributed by atoms with Crippen molar-refractivity contribution in [3.05, 3.63) is 23.8 Å². The van der Waals surface area contributed by atoms with Gasteiger partial charge in [-0.25, -0.2) is 0 Å². The Balaban J connectivity index is 1.52. The molecule has 1 aliphatic carbocycles. The van der Waals surface area contributed by atoms with E-state index in [1.165, 1.54) is 44.9 Å². The molecule has 6 heteroatoms. The molecule has 2 N–H and O–H groups in total. The fourth-order valence-corrected chi connectivity index (χ4v) is 4.42. The first-order chi connectivity index (χ1) is 14.6. The van der Waals surface area contributed by atoms with Gasteiger partial charge in [0.2, 0.25) is 0 Å². The first-order valence-electron chi connectivity index (χ1n) is 11.8. The minimum atomic E-state index is -0.494. The third-order valence-electron chi connectivity index (χ3n) is 6.46. The number of hydrogen-bond donors (Lipinski definition) is 2. The number of benzene rings is 1. The van der Waals surface area contributed by atoms with E-state index < -0.39 is 6.10 Å². The zero-order valence-electron chi connectivity index (χ0n) is 18.9. The standard InChI is InChI=1S/C24H41N3O3/c1-26-12-14-27(15-13-26)18-22(28)19-30-24-16-23(29-2)11-10-20(24)17-25-21-8-6-4-3-5-7-9-21/h10-11,16,21-22,25,28H,3-9,12-15,17-19H2,1-2H3. The van der Waals surface area contributed by atoms with Gasteiger partial charge in [-0.2, -0.15) is 0 Å². The third-order valence-corrected chi connectivity index (χ3v) is 6.46. The number of nitrogens with one attached hydrogen (secondary N) is 1. The van der Waals surface area contributed by atoms with E-state index in [4.69, 9.17) is 9.47 Å². The molecular formula is C24H41N3O3. The lowest BCUT2D eigenvalue weighted by Crippen LogP contribution is -2.47. The van der Waals surface area contributed by atoms with Crippen LogP contribution in [0.5, 0.6) is 11.5 Å². The number of aliphatic hydroxyl groups excluding tert-OH is 1. The highest BCUT2D eigenvalue weighted by molar-refractivity contribution is 5.40. The number of ether oxygens (including phenoxy) is 2. The quantitative estimate of drug-likeness (QED) is 0.642. The fraction of sp³-hybridized carbons (Fsp3) is 0.750. The number of nitrogens with zero attached hydrogens (tertiary/aromatic N) is 2. The van der Waals surface area contributed by atoms with Crippen LogP contribution in [0.25, 0.3) is 0 Å². The van der Waals surface area contributed by atoms with E-state index in [0.29, 0.717) is 19.2 Å². The Morgan fingerprint density at radius 3 is 2.47 bits per heavy atom. The Kier molecular flexibility index (Phi) is 9.72. The van der Waals surface area contributed by atoms with E-state index in [1.807, 2.05) is 12.1 Å². The van der Waals surface area contributed by atoms with Crippen molar-refractivity contribution in [3.8, 4) is 11.5 Å². The van der Waals surface area contributed by atoms with Gasteiger partial charge in [0.15, 0.2) is 0 Å². The summed E-state index contributed by atoms with van der Waals surface area (Å²) in [4.78, 5) is 4.64. The molecule has 1 saturated carbocycles. The molecule has 1 atom stereocenters. The lowest BCUT2D eigenvalue weighted by Gasteiger charge is -2.33. The molecule has 0 radical (unpaired) electrons. The van der Waals surface area contributed by atoms with Crippen LogP contribution in [-0.4, -0.2) is 80.5 Å². The molecule has 30 heavy (non-hydrogen) atoms. The first-order valence-corrected chi connectivity index (χ1v) is 11.8. The van der Waals surface area contributed by atoms with Crippen molar-refractivity contribution in [2.45, 2.75) is 63.6 Å². The molecule has 0 aromatic heterocycles.